The number of aromatic nitrogens is 2. The van der Waals surface area contributed by atoms with Crippen LogP contribution >= 0.6 is 11.3 Å². The minimum absolute atomic E-state index is 0.0251. The molecule has 144 valence electrons. The highest BCUT2D eigenvalue weighted by Gasteiger charge is 2.38. The third-order valence-corrected chi connectivity index (χ3v) is 7.53. The first-order valence-electron chi connectivity index (χ1n) is 9.98. The summed E-state index contributed by atoms with van der Waals surface area (Å²) in [7, 11) is 0. The molecule has 1 saturated carbocycles. The largest absolute Gasteiger partial charge is 0.354 e. The Bertz CT molecular complexity index is 1100. The van der Waals surface area contributed by atoms with Gasteiger partial charge in [-0.05, 0) is 43.2 Å². The van der Waals surface area contributed by atoms with Crippen LogP contribution in [0.15, 0.2) is 41.5 Å². The zero-order valence-corrected chi connectivity index (χ0v) is 16.6. The Morgan fingerprint density at radius 2 is 2.00 bits per heavy atom. The van der Waals surface area contributed by atoms with E-state index in [2.05, 4.69) is 34.6 Å². The van der Waals surface area contributed by atoms with Crippen LogP contribution in [0.3, 0.4) is 0 Å². The fourth-order valence-corrected chi connectivity index (χ4v) is 5.79. The van der Waals surface area contributed by atoms with Crippen molar-refractivity contribution < 1.29 is 4.79 Å². The molecule has 5 rings (SSSR count). The van der Waals surface area contributed by atoms with Crippen LogP contribution in [0.1, 0.15) is 41.7 Å². The lowest BCUT2D eigenvalue weighted by Gasteiger charge is -2.42. The van der Waals surface area contributed by atoms with E-state index in [1.54, 1.807) is 11.3 Å². The highest BCUT2D eigenvalue weighted by atomic mass is 32.1. The summed E-state index contributed by atoms with van der Waals surface area (Å²) in [4.78, 5) is 32.1. The van der Waals surface area contributed by atoms with Crippen LogP contribution in [-0.4, -0.2) is 22.0 Å². The van der Waals surface area contributed by atoms with Crippen molar-refractivity contribution in [2.45, 2.75) is 50.5 Å². The van der Waals surface area contributed by atoms with Gasteiger partial charge in [-0.3, -0.25) is 14.2 Å². The molecule has 0 atom stereocenters. The van der Waals surface area contributed by atoms with Crippen molar-refractivity contribution in [3.63, 3.8) is 0 Å². The van der Waals surface area contributed by atoms with Crippen molar-refractivity contribution in [1.82, 2.24) is 14.9 Å². The topological polar surface area (TPSA) is 64.0 Å². The molecular formula is C22H23N3O2S. The summed E-state index contributed by atoms with van der Waals surface area (Å²) in [6.45, 7) is 0.644. The quantitative estimate of drug-likeness (QED) is 0.724. The lowest BCUT2D eigenvalue weighted by molar-refractivity contribution is -0.122. The number of amides is 1. The number of carbonyl (C=O) groups excluding carboxylic acids is 1. The maximum absolute atomic E-state index is 12.9. The van der Waals surface area contributed by atoms with Crippen LogP contribution in [0.4, 0.5) is 0 Å². The number of rotatable bonds is 5. The molecule has 0 radical (unpaired) electrons. The summed E-state index contributed by atoms with van der Waals surface area (Å²) in [5.41, 5.74) is 2.40. The monoisotopic (exact) mass is 393 g/mol. The molecule has 2 aromatic heterocycles. The number of thiophene rings is 1. The van der Waals surface area contributed by atoms with Crippen molar-refractivity contribution in [2.75, 3.05) is 6.54 Å². The van der Waals surface area contributed by atoms with Gasteiger partial charge < -0.3 is 5.32 Å². The number of fused-ring (bicyclic) bond motifs is 3. The Morgan fingerprint density at radius 1 is 1.18 bits per heavy atom. The van der Waals surface area contributed by atoms with Crippen LogP contribution in [0.2, 0.25) is 0 Å². The molecule has 0 unspecified atom stereocenters. The van der Waals surface area contributed by atoms with Crippen molar-refractivity contribution in [3.8, 4) is 0 Å². The highest BCUT2D eigenvalue weighted by molar-refractivity contribution is 7.18. The van der Waals surface area contributed by atoms with E-state index < -0.39 is 0 Å². The molecule has 0 aliphatic heterocycles. The predicted molar refractivity (Wildman–Crippen MR) is 111 cm³/mol. The minimum Gasteiger partial charge on any atom is -0.354 e. The third-order valence-electron chi connectivity index (χ3n) is 6.33. The maximum atomic E-state index is 12.9. The third kappa shape index (κ3) is 2.87. The number of hydrogen-bond donors (Lipinski definition) is 1. The summed E-state index contributed by atoms with van der Waals surface area (Å²) in [5, 5.41) is 3.80. The van der Waals surface area contributed by atoms with E-state index in [0.29, 0.717) is 6.54 Å². The predicted octanol–water partition coefficient (Wildman–Crippen LogP) is 3.18. The second-order valence-corrected chi connectivity index (χ2v) is 9.08. The van der Waals surface area contributed by atoms with E-state index in [9.17, 15) is 9.59 Å². The maximum Gasteiger partial charge on any atom is 0.262 e. The SMILES string of the molecule is O=C(Cn1cnc2sc3c(c2c1=O)CCC3)NCC1(c2ccccc2)CCC1. The summed E-state index contributed by atoms with van der Waals surface area (Å²) in [6.07, 6.45) is 7.98. The first kappa shape index (κ1) is 17.6. The molecule has 0 saturated heterocycles. The van der Waals surface area contributed by atoms with Crippen molar-refractivity contribution in [3.05, 3.63) is 63.0 Å². The second kappa shape index (κ2) is 6.85. The molecule has 1 aromatic carbocycles. The smallest absolute Gasteiger partial charge is 0.262 e. The van der Waals surface area contributed by atoms with Gasteiger partial charge in [-0.25, -0.2) is 4.98 Å². The van der Waals surface area contributed by atoms with E-state index in [1.165, 1.54) is 27.8 Å². The summed E-state index contributed by atoms with van der Waals surface area (Å²) in [5.74, 6) is -0.127. The van der Waals surface area contributed by atoms with Gasteiger partial charge in [0.1, 0.15) is 11.4 Å². The molecule has 5 nitrogen and oxygen atoms in total. The van der Waals surface area contributed by atoms with E-state index in [1.807, 2.05) is 6.07 Å². The van der Waals surface area contributed by atoms with Gasteiger partial charge in [-0.1, -0.05) is 36.8 Å². The molecule has 2 heterocycles. The van der Waals surface area contributed by atoms with Crippen LogP contribution < -0.4 is 10.9 Å². The fourth-order valence-electron chi connectivity index (χ4n) is 4.57. The summed E-state index contributed by atoms with van der Waals surface area (Å²) < 4.78 is 1.46. The van der Waals surface area contributed by atoms with E-state index in [4.69, 9.17) is 0 Å². The standard InChI is InChI=1S/C22H23N3O2S/c26-18(23-13-22(10-5-11-22)15-6-2-1-3-7-15)12-25-14-24-20-19(21(25)27)16-8-4-9-17(16)28-20/h1-3,6-7,14H,4-5,8-13H2,(H,23,26). The zero-order valence-electron chi connectivity index (χ0n) is 15.7. The molecule has 1 N–H and O–H groups in total. The Kier molecular flexibility index (Phi) is 4.31. The minimum atomic E-state index is -0.127. The van der Waals surface area contributed by atoms with Gasteiger partial charge in [0.15, 0.2) is 0 Å². The van der Waals surface area contributed by atoms with E-state index >= 15 is 0 Å². The molecular weight excluding hydrogens is 370 g/mol. The Morgan fingerprint density at radius 3 is 2.75 bits per heavy atom. The number of carbonyl (C=O) groups is 1. The number of benzene rings is 1. The Balaban J connectivity index is 1.32. The second-order valence-electron chi connectivity index (χ2n) is 7.99. The number of nitrogens with one attached hydrogen (secondary N) is 1. The molecule has 1 amide bonds. The number of hydrogen-bond acceptors (Lipinski definition) is 4. The molecule has 6 heteroatoms. The normalized spacial score (nSPS) is 17.3. The van der Waals surface area contributed by atoms with Gasteiger partial charge in [0, 0.05) is 16.8 Å². The summed E-state index contributed by atoms with van der Waals surface area (Å²) >= 11 is 1.62. The highest BCUT2D eigenvalue weighted by Crippen LogP contribution is 2.43. The number of aryl methyl sites for hydroxylation is 2. The molecule has 2 aliphatic carbocycles. The van der Waals surface area contributed by atoms with E-state index in [-0.39, 0.29) is 23.4 Å². The first-order valence-corrected chi connectivity index (χ1v) is 10.8. The van der Waals surface area contributed by atoms with Gasteiger partial charge in [0.25, 0.3) is 5.56 Å². The fraction of sp³-hybridized carbons (Fsp3) is 0.409. The van der Waals surface area contributed by atoms with Gasteiger partial charge in [-0.2, -0.15) is 0 Å². The lowest BCUT2D eigenvalue weighted by Crippen LogP contribution is -2.46. The molecule has 2 aliphatic rings. The van der Waals surface area contributed by atoms with Crippen LogP contribution in [0.5, 0.6) is 0 Å². The average molecular weight is 394 g/mol. The van der Waals surface area contributed by atoms with Crippen molar-refractivity contribution >= 4 is 27.5 Å². The number of nitrogens with zero attached hydrogens (tertiary/aromatic N) is 2. The first-order chi connectivity index (χ1) is 13.7. The van der Waals surface area contributed by atoms with Crippen molar-refractivity contribution in [2.24, 2.45) is 0 Å². The van der Waals surface area contributed by atoms with Crippen LogP contribution in [0.25, 0.3) is 10.2 Å². The summed E-state index contributed by atoms with van der Waals surface area (Å²) in [6, 6.07) is 10.4. The molecule has 0 spiro atoms. The molecule has 28 heavy (non-hydrogen) atoms. The molecule has 1 fully saturated rings. The van der Waals surface area contributed by atoms with Gasteiger partial charge in [0.2, 0.25) is 5.91 Å². The molecule has 3 aromatic rings. The van der Waals surface area contributed by atoms with Gasteiger partial charge >= 0.3 is 0 Å². The van der Waals surface area contributed by atoms with Gasteiger partial charge in [0.05, 0.1) is 11.7 Å². The van der Waals surface area contributed by atoms with Crippen LogP contribution in [-0.2, 0) is 29.6 Å². The Labute approximate surface area is 167 Å². The molecule has 0 bridgehead atoms. The Hall–Kier alpha value is -2.47. The zero-order chi connectivity index (χ0) is 19.1. The van der Waals surface area contributed by atoms with Gasteiger partial charge in [-0.15, -0.1) is 11.3 Å². The van der Waals surface area contributed by atoms with Crippen molar-refractivity contribution in [1.29, 1.82) is 0 Å². The van der Waals surface area contributed by atoms with E-state index in [0.717, 1.165) is 47.9 Å². The average Bonchev–Trinajstić information content (AvgIpc) is 3.25. The lowest BCUT2D eigenvalue weighted by atomic mass is 9.64. The van der Waals surface area contributed by atoms with Crippen LogP contribution in [0, 0.1) is 0 Å².